The van der Waals surface area contributed by atoms with Crippen LogP contribution in [0.1, 0.15) is 39.5 Å². The van der Waals surface area contributed by atoms with Gasteiger partial charge in [-0.3, -0.25) is 14.4 Å². The molecule has 0 fully saturated rings. The second kappa shape index (κ2) is 15.0. The monoisotopic (exact) mass is 449 g/mol. The minimum atomic E-state index is -1.32. The molecule has 30 heavy (non-hydrogen) atoms. The number of aliphatic hydroxyl groups is 1. The van der Waals surface area contributed by atoms with E-state index < -0.39 is 54.5 Å². The van der Waals surface area contributed by atoms with Crippen molar-refractivity contribution in [2.24, 2.45) is 17.4 Å². The molecule has 5 atom stereocenters. The van der Waals surface area contributed by atoms with Crippen LogP contribution in [-0.4, -0.2) is 77.0 Å². The van der Waals surface area contributed by atoms with Crippen molar-refractivity contribution in [2.45, 2.75) is 63.7 Å². The maximum Gasteiger partial charge on any atom is 0.326 e. The lowest BCUT2D eigenvalue weighted by molar-refractivity contribution is -0.143. The highest BCUT2D eigenvalue weighted by molar-refractivity contribution is 7.80. The molecule has 0 saturated carbocycles. The van der Waals surface area contributed by atoms with Crippen molar-refractivity contribution in [1.29, 1.82) is 0 Å². The molecule has 0 bridgehead atoms. The van der Waals surface area contributed by atoms with Crippen LogP contribution in [-0.2, 0) is 19.2 Å². The molecule has 0 aliphatic heterocycles. The number of thiol groups is 1. The first-order chi connectivity index (χ1) is 14.1. The molecule has 0 heterocycles. The predicted molar refractivity (Wildman–Crippen MR) is 115 cm³/mol. The van der Waals surface area contributed by atoms with E-state index in [0.717, 1.165) is 0 Å². The number of aliphatic hydroxyl groups excluding tert-OH is 1. The van der Waals surface area contributed by atoms with E-state index in [9.17, 15) is 29.4 Å². The molecule has 0 aliphatic rings. The van der Waals surface area contributed by atoms with E-state index in [2.05, 4.69) is 28.6 Å². The van der Waals surface area contributed by atoms with Crippen LogP contribution in [0, 0.1) is 5.92 Å². The highest BCUT2D eigenvalue weighted by Crippen LogP contribution is 2.08. The Bertz CT molecular complexity index is 579. The quantitative estimate of drug-likeness (QED) is 0.103. The number of carbonyl (C=O) groups excluding carboxylic acids is 3. The van der Waals surface area contributed by atoms with Crippen molar-refractivity contribution < 1.29 is 29.4 Å². The van der Waals surface area contributed by atoms with Gasteiger partial charge in [-0.05, 0) is 25.3 Å². The van der Waals surface area contributed by atoms with Gasteiger partial charge in [-0.2, -0.15) is 12.6 Å². The summed E-state index contributed by atoms with van der Waals surface area (Å²) in [5, 5.41) is 25.8. The molecular weight excluding hydrogens is 414 g/mol. The van der Waals surface area contributed by atoms with E-state index in [1.165, 1.54) is 0 Å². The fourth-order valence-corrected chi connectivity index (χ4v) is 2.77. The number of hydrogen-bond acceptors (Lipinski definition) is 8. The van der Waals surface area contributed by atoms with Gasteiger partial charge >= 0.3 is 5.97 Å². The molecule has 0 aromatic rings. The van der Waals surface area contributed by atoms with Gasteiger partial charge in [0.1, 0.15) is 18.1 Å². The van der Waals surface area contributed by atoms with Gasteiger partial charge in [0.25, 0.3) is 0 Å². The van der Waals surface area contributed by atoms with Crippen LogP contribution in [0.3, 0.4) is 0 Å². The number of carbonyl (C=O) groups is 4. The average molecular weight is 450 g/mol. The Kier molecular flexibility index (Phi) is 14.0. The number of hydrogen-bond donors (Lipinski definition) is 8. The van der Waals surface area contributed by atoms with Gasteiger partial charge in [0.15, 0.2) is 0 Å². The van der Waals surface area contributed by atoms with Crippen LogP contribution in [0.2, 0.25) is 0 Å². The van der Waals surface area contributed by atoms with E-state index in [1.54, 1.807) is 13.8 Å². The van der Waals surface area contributed by atoms with E-state index >= 15 is 0 Å². The molecule has 0 spiro atoms. The summed E-state index contributed by atoms with van der Waals surface area (Å²) in [6, 6.07) is -4.47. The van der Waals surface area contributed by atoms with Crippen molar-refractivity contribution in [2.75, 3.05) is 18.9 Å². The molecule has 0 radical (unpaired) electrons. The Morgan fingerprint density at radius 1 is 1.00 bits per heavy atom. The van der Waals surface area contributed by atoms with Crippen LogP contribution < -0.4 is 27.4 Å². The van der Waals surface area contributed by atoms with Gasteiger partial charge in [0, 0.05) is 5.75 Å². The van der Waals surface area contributed by atoms with Gasteiger partial charge in [0.05, 0.1) is 12.6 Å². The van der Waals surface area contributed by atoms with E-state index in [4.69, 9.17) is 11.5 Å². The normalized spacial score (nSPS) is 15.9. The third-order valence-corrected chi connectivity index (χ3v) is 5.08. The van der Waals surface area contributed by atoms with E-state index in [0.29, 0.717) is 32.2 Å². The van der Waals surface area contributed by atoms with Gasteiger partial charge in [-0.15, -0.1) is 0 Å². The summed E-state index contributed by atoms with van der Waals surface area (Å²) in [6.45, 7) is 3.24. The second-order valence-corrected chi connectivity index (χ2v) is 7.45. The lowest BCUT2D eigenvalue weighted by Crippen LogP contribution is -2.59. The van der Waals surface area contributed by atoms with Crippen molar-refractivity contribution in [3.8, 4) is 0 Å². The molecule has 0 saturated heterocycles. The number of nitrogens with two attached hydrogens (primary N) is 2. The summed E-state index contributed by atoms with van der Waals surface area (Å²) >= 11 is 4.02. The van der Waals surface area contributed by atoms with Crippen LogP contribution in [0.4, 0.5) is 0 Å². The Balaban J connectivity index is 4.94. The minimum absolute atomic E-state index is 0.116. The predicted octanol–water partition coefficient (Wildman–Crippen LogP) is -2.05. The van der Waals surface area contributed by atoms with Crippen LogP contribution in [0.25, 0.3) is 0 Å². The van der Waals surface area contributed by atoms with Crippen LogP contribution in [0.15, 0.2) is 0 Å². The number of unbranched alkanes of at least 4 members (excludes halogenated alkanes) is 1. The van der Waals surface area contributed by atoms with Crippen molar-refractivity contribution >= 4 is 36.3 Å². The number of amides is 3. The molecule has 11 nitrogen and oxygen atoms in total. The molecular formula is C18H35N5O6S. The Morgan fingerprint density at radius 2 is 1.57 bits per heavy atom. The second-order valence-electron chi connectivity index (χ2n) is 7.09. The van der Waals surface area contributed by atoms with Crippen molar-refractivity contribution in [1.82, 2.24) is 16.0 Å². The maximum absolute atomic E-state index is 12.4. The standard InChI is InChI=1S/C18H35N5O6S/c1-3-10(2)14(18(28)29)23-17(27)13(9-30)22-16(26)12(8-24)21-15(25)11(20)6-4-5-7-19/h10-14,24,30H,3-9,19-20H2,1-2H3,(H,21,25)(H,22,26)(H,23,27)(H,28,29). The van der Waals surface area contributed by atoms with Crippen molar-refractivity contribution in [3.05, 3.63) is 0 Å². The number of aliphatic carboxylic acids is 1. The summed E-state index contributed by atoms with van der Waals surface area (Å²) in [7, 11) is 0. The molecule has 0 aromatic heterocycles. The molecule has 0 aromatic carbocycles. The maximum atomic E-state index is 12.4. The van der Waals surface area contributed by atoms with E-state index in [1.807, 2.05) is 0 Å². The summed E-state index contributed by atoms with van der Waals surface area (Å²) < 4.78 is 0. The topological polar surface area (TPSA) is 197 Å². The number of carboxylic acid groups (broad SMARTS) is 1. The fourth-order valence-electron chi connectivity index (χ4n) is 2.52. The SMILES string of the molecule is CCC(C)C(NC(=O)C(CS)NC(=O)C(CO)NC(=O)C(N)CCCCN)C(=O)O. The zero-order chi connectivity index (χ0) is 23.3. The first-order valence-corrected chi connectivity index (χ1v) is 10.6. The zero-order valence-corrected chi connectivity index (χ0v) is 18.4. The summed E-state index contributed by atoms with van der Waals surface area (Å²) in [6.07, 6.45) is 2.25. The molecule has 9 N–H and O–H groups in total. The van der Waals surface area contributed by atoms with Crippen LogP contribution in [0.5, 0.6) is 0 Å². The Morgan fingerprint density at radius 3 is 2.03 bits per heavy atom. The highest BCUT2D eigenvalue weighted by atomic mass is 32.1. The molecule has 0 rings (SSSR count). The van der Waals surface area contributed by atoms with Crippen molar-refractivity contribution in [3.63, 3.8) is 0 Å². The van der Waals surface area contributed by atoms with Crippen LogP contribution >= 0.6 is 12.6 Å². The fraction of sp³-hybridized carbons (Fsp3) is 0.778. The van der Waals surface area contributed by atoms with Gasteiger partial charge in [0.2, 0.25) is 17.7 Å². The molecule has 174 valence electrons. The summed E-state index contributed by atoms with van der Waals surface area (Å²) in [5.74, 6) is -3.79. The molecule has 12 heteroatoms. The smallest absolute Gasteiger partial charge is 0.326 e. The lowest BCUT2D eigenvalue weighted by atomic mass is 9.99. The average Bonchev–Trinajstić information content (AvgIpc) is 2.72. The third-order valence-electron chi connectivity index (χ3n) is 4.71. The minimum Gasteiger partial charge on any atom is -0.480 e. The largest absolute Gasteiger partial charge is 0.480 e. The van der Waals surface area contributed by atoms with Gasteiger partial charge in [-0.25, -0.2) is 4.79 Å². The third kappa shape index (κ3) is 9.74. The highest BCUT2D eigenvalue weighted by Gasteiger charge is 2.31. The summed E-state index contributed by atoms with van der Waals surface area (Å²) in [5.41, 5.74) is 11.2. The molecule has 0 aliphatic carbocycles. The van der Waals surface area contributed by atoms with Gasteiger partial charge < -0.3 is 37.6 Å². The Labute approximate surface area is 182 Å². The number of carboxylic acids is 1. The zero-order valence-electron chi connectivity index (χ0n) is 17.5. The first-order valence-electron chi connectivity index (χ1n) is 9.94. The molecule has 5 unspecified atom stereocenters. The van der Waals surface area contributed by atoms with Gasteiger partial charge in [-0.1, -0.05) is 26.7 Å². The lowest BCUT2D eigenvalue weighted by Gasteiger charge is -2.25. The summed E-state index contributed by atoms with van der Waals surface area (Å²) in [4.78, 5) is 48.3. The number of rotatable bonds is 15. The number of nitrogens with one attached hydrogen (secondary N) is 3. The van der Waals surface area contributed by atoms with E-state index in [-0.39, 0.29) is 11.7 Å². The first kappa shape index (κ1) is 28.1. The molecule has 3 amide bonds. The Hall–Kier alpha value is -1.89.